The fourth-order valence-corrected chi connectivity index (χ4v) is 13.3. The summed E-state index contributed by atoms with van der Waals surface area (Å²) >= 11 is 1.32. The second kappa shape index (κ2) is 14.3. The van der Waals surface area contributed by atoms with Crippen LogP contribution < -0.4 is 11.1 Å². The molecule has 5 heterocycles. The highest BCUT2D eigenvalue weighted by Gasteiger charge is 2.66. The van der Waals surface area contributed by atoms with Gasteiger partial charge in [0.15, 0.2) is 0 Å². The lowest BCUT2D eigenvalue weighted by atomic mass is 9.39. The second-order valence-electron chi connectivity index (χ2n) is 18.8. The molecule has 308 valence electrons. The van der Waals surface area contributed by atoms with Gasteiger partial charge in [0.2, 0.25) is 5.13 Å². The smallest absolute Gasteiger partial charge is 0.299 e. The Labute approximate surface area is 343 Å². The third-order valence-corrected chi connectivity index (χ3v) is 14.7. The molecule has 2 saturated heterocycles. The molecule has 12 nitrogen and oxygen atoms in total. The first-order valence-electron chi connectivity index (χ1n) is 20.8. The van der Waals surface area contributed by atoms with Crippen molar-refractivity contribution in [1.29, 1.82) is 5.41 Å². The van der Waals surface area contributed by atoms with Crippen molar-refractivity contribution in [3.63, 3.8) is 0 Å². The molecule has 10 rings (SSSR count). The average Bonchev–Trinajstić information content (AvgIpc) is 3.90. The summed E-state index contributed by atoms with van der Waals surface area (Å²) in [6, 6.07) is 4.44. The molecule has 4 bridgehead atoms. The van der Waals surface area contributed by atoms with Crippen LogP contribution in [0.25, 0.3) is 15.8 Å². The third kappa shape index (κ3) is 7.14. The summed E-state index contributed by atoms with van der Waals surface area (Å²) in [6.07, 6.45) is 16.5. The molecule has 6 fully saturated rings. The first kappa shape index (κ1) is 39.0. The van der Waals surface area contributed by atoms with Crippen molar-refractivity contribution >= 4 is 43.9 Å². The number of hydrogen-bond donors (Lipinski definition) is 5. The zero-order valence-corrected chi connectivity index (χ0v) is 34.9. The number of fused-ring (bicyclic) bond motifs is 1. The summed E-state index contributed by atoms with van der Waals surface area (Å²) in [5.74, 6) is -0.151. The van der Waals surface area contributed by atoms with Gasteiger partial charge in [-0.05, 0) is 137 Å². The quantitative estimate of drug-likeness (QED) is 0.0770. The van der Waals surface area contributed by atoms with Gasteiger partial charge >= 0.3 is 0 Å². The van der Waals surface area contributed by atoms with Gasteiger partial charge in [-0.2, -0.15) is 5.10 Å². The van der Waals surface area contributed by atoms with Gasteiger partial charge in [-0.3, -0.25) is 10.1 Å². The number of ether oxygens (including phenoxy) is 1. The largest absolute Gasteiger partial charge is 0.480 e. The Kier molecular flexibility index (Phi) is 9.63. The number of thiazole rings is 1. The predicted molar refractivity (Wildman–Crippen MR) is 226 cm³/mol. The first-order valence-corrected chi connectivity index (χ1v) is 21.6. The van der Waals surface area contributed by atoms with Gasteiger partial charge in [0.25, 0.3) is 5.95 Å². The van der Waals surface area contributed by atoms with Crippen molar-refractivity contribution in [3.05, 3.63) is 82.2 Å². The Hall–Kier alpha value is -4.53. The van der Waals surface area contributed by atoms with Gasteiger partial charge < -0.3 is 35.8 Å². The number of halogens is 1. The molecule has 2 atom stereocenters. The van der Waals surface area contributed by atoms with E-state index < -0.39 is 5.95 Å². The number of likely N-dealkylation sites (tertiary alicyclic amines) is 2. The van der Waals surface area contributed by atoms with Crippen molar-refractivity contribution in [1.82, 2.24) is 29.9 Å². The van der Waals surface area contributed by atoms with E-state index in [1.165, 1.54) is 68.7 Å². The van der Waals surface area contributed by atoms with Crippen molar-refractivity contribution in [2.45, 2.75) is 104 Å². The number of nitrogens with two attached hydrogens (primary N) is 1. The van der Waals surface area contributed by atoms with Crippen LogP contribution in [-0.4, -0.2) is 84.8 Å². The molecule has 1 aromatic carbocycles. The molecule has 58 heavy (non-hydrogen) atoms. The average molecular weight is 810 g/mol. The number of aliphatic hydroxyl groups excluding tert-OH is 1. The molecule has 4 aliphatic carbocycles. The van der Waals surface area contributed by atoms with Crippen LogP contribution in [0, 0.1) is 34.4 Å². The number of nitrogens with one attached hydrogen (secondary N) is 2. The molecule has 2 unspecified atom stereocenters. The summed E-state index contributed by atoms with van der Waals surface area (Å²) < 4.78 is 23.7. The van der Waals surface area contributed by atoms with E-state index in [9.17, 15) is 20.0 Å². The van der Waals surface area contributed by atoms with Crippen molar-refractivity contribution < 1.29 is 19.3 Å². The van der Waals surface area contributed by atoms with Crippen LogP contribution in [0.15, 0.2) is 70.1 Å². The minimum Gasteiger partial charge on any atom is -0.480 e. The minimum absolute atomic E-state index is 0.0733. The van der Waals surface area contributed by atoms with E-state index in [0.29, 0.717) is 40.6 Å². The number of nitrogens with zero attached hydrogens (tertiary/aromatic N) is 6. The van der Waals surface area contributed by atoms with E-state index in [1.54, 1.807) is 6.07 Å². The standard InChI is InChI=1S/C44H56FN9O3S/c1-27(37(46)51-40-49-33-18-29(45)9-11-34(33)58-40)30-8-7-15-53(38(30)47)35-12-10-31(36(50-35)39(55)56)32-19-48-54(28(32)2)26-43-21-41(3)20-42(4,22-43)24-44(23-41,25-43)57-17-16-52-13-5-6-14-52/h9-12,18-19,47,50,55-56H,5-8,13-17,20-26H2,1-4H3,(H2,46,49,51)/b30-27-,47-38?. The summed E-state index contributed by atoms with van der Waals surface area (Å²) in [5.41, 5.74) is 11.4. The molecule has 3 aliphatic heterocycles. The zero-order valence-electron chi connectivity index (χ0n) is 34.1. The van der Waals surface area contributed by atoms with Crippen LogP contribution in [0.2, 0.25) is 0 Å². The van der Waals surface area contributed by atoms with Crippen LogP contribution in [0.4, 0.5) is 9.52 Å². The van der Waals surface area contributed by atoms with Crippen molar-refractivity contribution in [2.24, 2.45) is 27.0 Å². The number of aliphatic hydroxyl groups is 2. The molecule has 0 spiro atoms. The molecule has 4 saturated carbocycles. The van der Waals surface area contributed by atoms with Crippen LogP contribution >= 0.6 is 11.3 Å². The Balaban J connectivity index is 0.947. The van der Waals surface area contributed by atoms with E-state index >= 15 is 0 Å². The van der Waals surface area contributed by atoms with Crippen LogP contribution in [0.5, 0.6) is 0 Å². The number of hydrogen-bond acceptors (Lipinski definition) is 10. The van der Waals surface area contributed by atoms with Gasteiger partial charge in [-0.1, -0.05) is 25.2 Å². The van der Waals surface area contributed by atoms with Crippen LogP contribution in [0.3, 0.4) is 0 Å². The van der Waals surface area contributed by atoms with Crippen LogP contribution in [0.1, 0.15) is 96.2 Å². The number of aromatic nitrogens is 3. The molecule has 0 radical (unpaired) electrons. The van der Waals surface area contributed by atoms with Gasteiger partial charge in [-0.15, -0.1) is 0 Å². The Morgan fingerprint density at radius 3 is 2.55 bits per heavy atom. The number of rotatable bonds is 10. The van der Waals surface area contributed by atoms with E-state index in [0.717, 1.165) is 66.9 Å². The number of piperidine rings is 1. The maximum atomic E-state index is 13.7. The van der Waals surface area contributed by atoms with Crippen molar-refractivity contribution in [2.75, 3.05) is 32.8 Å². The molecular weight excluding hydrogens is 754 g/mol. The fourth-order valence-electron chi connectivity index (χ4n) is 12.5. The van der Waals surface area contributed by atoms with Gasteiger partial charge in [0.1, 0.15) is 29.0 Å². The normalized spacial score (nSPS) is 30.9. The third-order valence-electron chi connectivity index (χ3n) is 13.7. The summed E-state index contributed by atoms with van der Waals surface area (Å²) in [6.45, 7) is 14.4. The van der Waals surface area contributed by atoms with E-state index in [-0.39, 0.29) is 45.0 Å². The van der Waals surface area contributed by atoms with Crippen molar-refractivity contribution in [3.8, 4) is 0 Å². The zero-order chi connectivity index (χ0) is 40.6. The van der Waals surface area contributed by atoms with Gasteiger partial charge in [0.05, 0.1) is 28.6 Å². The Bertz CT molecular complexity index is 2310. The molecule has 2 aromatic heterocycles. The topological polar surface area (TPSA) is 161 Å². The van der Waals surface area contributed by atoms with E-state index in [2.05, 4.69) is 45.6 Å². The number of dihydropyridines is 1. The molecule has 0 amide bonds. The number of allylic oxidation sites excluding steroid dienone is 3. The van der Waals surface area contributed by atoms with E-state index in [1.807, 2.05) is 30.2 Å². The number of amidine groups is 2. The highest BCUT2D eigenvalue weighted by atomic mass is 32.1. The number of aliphatic imine (C=N–C) groups is 1. The maximum Gasteiger partial charge on any atom is 0.299 e. The summed E-state index contributed by atoms with van der Waals surface area (Å²) in [4.78, 5) is 13.3. The SMILES string of the molecule is CC(=C1\CCCN(C2=CC=C(c3cnn(CC45CC6(C)CC(C)(C4)CC(OCCN4CCCC4)(C6)C5)c3C)C(=C(O)O)N2)C1=N)/C(N)=N\c1nc2cc(F)ccc2s1. The fraction of sp³-hybridized carbons (Fsp3) is 0.545. The van der Waals surface area contributed by atoms with Gasteiger partial charge in [-0.25, -0.2) is 14.4 Å². The van der Waals surface area contributed by atoms with E-state index in [4.69, 9.17) is 15.6 Å². The van der Waals surface area contributed by atoms with Gasteiger partial charge in [0, 0.05) is 48.1 Å². The molecule has 6 N–H and O–H groups in total. The second-order valence-corrected chi connectivity index (χ2v) is 19.8. The molecule has 14 heteroatoms. The Morgan fingerprint density at radius 1 is 1.05 bits per heavy atom. The lowest BCUT2D eigenvalue weighted by Gasteiger charge is -2.69. The van der Waals surface area contributed by atoms with Crippen LogP contribution in [-0.2, 0) is 11.3 Å². The first-order chi connectivity index (χ1) is 27.6. The Morgan fingerprint density at radius 2 is 1.81 bits per heavy atom. The monoisotopic (exact) mass is 809 g/mol. The minimum atomic E-state index is -0.832. The molecular formula is C44H56FN9O3S. The number of benzene rings is 1. The molecule has 7 aliphatic rings. The predicted octanol–water partition coefficient (Wildman–Crippen LogP) is 8.36. The lowest BCUT2D eigenvalue weighted by molar-refractivity contribution is -0.248. The lowest BCUT2D eigenvalue weighted by Crippen LogP contribution is -2.64. The summed E-state index contributed by atoms with van der Waals surface area (Å²) in [7, 11) is 0. The molecule has 3 aromatic rings. The highest BCUT2D eigenvalue weighted by Crippen LogP contribution is 2.72. The summed E-state index contributed by atoms with van der Waals surface area (Å²) in [5, 5.41) is 39.2. The maximum absolute atomic E-state index is 13.7. The highest BCUT2D eigenvalue weighted by molar-refractivity contribution is 7.22.